The van der Waals surface area contributed by atoms with Gasteiger partial charge in [0.25, 0.3) is 0 Å². The van der Waals surface area contributed by atoms with E-state index in [1.807, 2.05) is 6.92 Å². The number of carboxylic acids is 1. The van der Waals surface area contributed by atoms with Gasteiger partial charge in [0.05, 0.1) is 0 Å². The summed E-state index contributed by atoms with van der Waals surface area (Å²) in [5, 5.41) is 13.0. The lowest BCUT2D eigenvalue weighted by Crippen LogP contribution is -2.60. The molecule has 5 heteroatoms. The Morgan fingerprint density at radius 1 is 1.42 bits per heavy atom. The Balaban J connectivity index is 2.02. The van der Waals surface area contributed by atoms with Gasteiger partial charge in [-0.15, -0.1) is 0 Å². The molecule has 1 saturated carbocycles. The van der Waals surface area contributed by atoms with Crippen LogP contribution in [0.25, 0.3) is 0 Å². The molecule has 1 heterocycles. The van der Waals surface area contributed by atoms with Gasteiger partial charge in [-0.2, -0.15) is 0 Å². The maximum atomic E-state index is 11.8. The summed E-state index contributed by atoms with van der Waals surface area (Å²) in [6.07, 6.45) is 3.23. The second-order valence-electron chi connectivity index (χ2n) is 6.22. The minimum atomic E-state index is -0.726. The Hall–Kier alpha value is -0.650. The maximum absolute atomic E-state index is 11.8. The van der Waals surface area contributed by atoms with Crippen molar-refractivity contribution in [3.05, 3.63) is 0 Å². The van der Waals surface area contributed by atoms with E-state index in [-0.39, 0.29) is 0 Å². The average molecular weight is 269 g/mol. The Morgan fingerprint density at radius 3 is 2.53 bits per heavy atom. The number of nitrogens with one attached hydrogen (secondary N) is 1. The molecule has 2 aliphatic rings. The molecule has 0 aromatic heterocycles. The van der Waals surface area contributed by atoms with Gasteiger partial charge in [0.2, 0.25) is 0 Å². The zero-order valence-corrected chi connectivity index (χ0v) is 12.4. The van der Waals surface area contributed by atoms with Crippen LogP contribution < -0.4 is 5.32 Å². The fourth-order valence-electron chi connectivity index (χ4n) is 3.27. The molecule has 110 valence electrons. The standard InChI is InChI=1S/C14H27N3O2/c1-4-15-14(13(18)19,11-5-6-11)10-17-8-7-12(9-17)16(2)3/h11-12,15H,4-10H2,1-3H3,(H,18,19). The predicted molar refractivity (Wildman–Crippen MR) is 75.3 cm³/mol. The first-order valence-corrected chi connectivity index (χ1v) is 7.36. The Morgan fingerprint density at radius 2 is 2.11 bits per heavy atom. The topological polar surface area (TPSA) is 55.8 Å². The van der Waals surface area contributed by atoms with E-state index in [2.05, 4.69) is 29.2 Å². The third-order valence-corrected chi connectivity index (χ3v) is 4.60. The summed E-state index contributed by atoms with van der Waals surface area (Å²) >= 11 is 0. The highest BCUT2D eigenvalue weighted by molar-refractivity contribution is 5.80. The SMILES string of the molecule is CCNC(CN1CCC(N(C)C)C1)(C(=O)O)C1CC1. The summed E-state index contributed by atoms with van der Waals surface area (Å²) in [7, 11) is 4.20. The van der Waals surface area contributed by atoms with E-state index in [1.54, 1.807) is 0 Å². The van der Waals surface area contributed by atoms with E-state index in [0.717, 1.165) is 32.4 Å². The van der Waals surface area contributed by atoms with Gasteiger partial charge < -0.3 is 15.3 Å². The summed E-state index contributed by atoms with van der Waals surface area (Å²) in [5.41, 5.74) is -0.726. The number of hydrogen-bond acceptors (Lipinski definition) is 4. The lowest BCUT2D eigenvalue weighted by molar-refractivity contribution is -0.146. The van der Waals surface area contributed by atoms with E-state index < -0.39 is 11.5 Å². The van der Waals surface area contributed by atoms with Gasteiger partial charge in [0.15, 0.2) is 0 Å². The van der Waals surface area contributed by atoms with Gasteiger partial charge in [0, 0.05) is 19.1 Å². The van der Waals surface area contributed by atoms with Crippen LogP contribution in [0.15, 0.2) is 0 Å². The molecule has 2 N–H and O–H groups in total. The molecule has 1 aliphatic carbocycles. The zero-order chi connectivity index (χ0) is 14.0. The molecule has 0 radical (unpaired) electrons. The molecular weight excluding hydrogens is 242 g/mol. The lowest BCUT2D eigenvalue weighted by atomic mass is 9.92. The first-order valence-electron chi connectivity index (χ1n) is 7.36. The van der Waals surface area contributed by atoms with Crippen molar-refractivity contribution in [1.82, 2.24) is 15.1 Å². The van der Waals surface area contributed by atoms with E-state index >= 15 is 0 Å². The molecule has 2 atom stereocenters. The van der Waals surface area contributed by atoms with Crippen LogP contribution in [0, 0.1) is 5.92 Å². The van der Waals surface area contributed by atoms with Crippen LogP contribution in [0.2, 0.25) is 0 Å². The van der Waals surface area contributed by atoms with Crippen molar-refractivity contribution < 1.29 is 9.90 Å². The summed E-state index contributed by atoms with van der Waals surface area (Å²) in [5.74, 6) is -0.367. The quantitative estimate of drug-likeness (QED) is 0.703. The number of likely N-dealkylation sites (tertiary alicyclic amines) is 1. The van der Waals surface area contributed by atoms with Crippen molar-refractivity contribution in [2.45, 2.75) is 37.8 Å². The van der Waals surface area contributed by atoms with E-state index in [4.69, 9.17) is 0 Å². The molecule has 19 heavy (non-hydrogen) atoms. The van der Waals surface area contributed by atoms with Crippen molar-refractivity contribution in [3.8, 4) is 0 Å². The average Bonchev–Trinajstić information content (AvgIpc) is 3.09. The van der Waals surface area contributed by atoms with Crippen LogP contribution in [0.1, 0.15) is 26.2 Å². The van der Waals surface area contributed by atoms with Gasteiger partial charge in [-0.25, -0.2) is 0 Å². The van der Waals surface area contributed by atoms with Gasteiger partial charge in [0.1, 0.15) is 5.54 Å². The van der Waals surface area contributed by atoms with Crippen molar-refractivity contribution >= 4 is 5.97 Å². The highest BCUT2D eigenvalue weighted by Gasteiger charge is 2.52. The zero-order valence-electron chi connectivity index (χ0n) is 12.4. The summed E-state index contributed by atoms with van der Waals surface area (Å²) in [6.45, 7) is 5.35. The molecule has 0 bridgehead atoms. The van der Waals surface area contributed by atoms with Crippen molar-refractivity contribution in [2.24, 2.45) is 5.92 Å². The summed E-state index contributed by atoms with van der Waals surface area (Å²) < 4.78 is 0. The fourth-order valence-corrected chi connectivity index (χ4v) is 3.27. The van der Waals surface area contributed by atoms with Crippen LogP contribution in [0.5, 0.6) is 0 Å². The smallest absolute Gasteiger partial charge is 0.325 e. The second-order valence-corrected chi connectivity index (χ2v) is 6.22. The molecule has 0 amide bonds. The minimum absolute atomic E-state index is 0.309. The molecule has 5 nitrogen and oxygen atoms in total. The van der Waals surface area contributed by atoms with E-state index in [1.165, 1.54) is 0 Å². The third kappa shape index (κ3) is 3.09. The number of carboxylic acid groups (broad SMARTS) is 1. The van der Waals surface area contributed by atoms with Gasteiger partial charge in [-0.1, -0.05) is 6.92 Å². The minimum Gasteiger partial charge on any atom is -0.480 e. The van der Waals surface area contributed by atoms with E-state index in [0.29, 0.717) is 25.0 Å². The molecular formula is C14H27N3O2. The molecule has 0 aromatic carbocycles. The Labute approximate surface area is 115 Å². The van der Waals surface area contributed by atoms with Crippen LogP contribution in [0.4, 0.5) is 0 Å². The Bertz CT molecular complexity index is 331. The van der Waals surface area contributed by atoms with E-state index in [9.17, 15) is 9.90 Å². The first kappa shape index (κ1) is 14.8. The number of hydrogen-bond donors (Lipinski definition) is 2. The second kappa shape index (κ2) is 5.77. The van der Waals surface area contributed by atoms with Gasteiger partial charge >= 0.3 is 5.97 Å². The van der Waals surface area contributed by atoms with Crippen LogP contribution in [0.3, 0.4) is 0 Å². The number of rotatable bonds is 7. The van der Waals surface area contributed by atoms with Crippen molar-refractivity contribution in [1.29, 1.82) is 0 Å². The van der Waals surface area contributed by atoms with Gasteiger partial charge in [-0.3, -0.25) is 9.69 Å². The van der Waals surface area contributed by atoms with Crippen LogP contribution in [-0.4, -0.2) is 72.7 Å². The fraction of sp³-hybridized carbons (Fsp3) is 0.929. The molecule has 0 aromatic rings. The molecule has 2 unspecified atom stereocenters. The number of carbonyl (C=O) groups is 1. The van der Waals surface area contributed by atoms with Crippen molar-refractivity contribution in [2.75, 3.05) is 40.3 Å². The summed E-state index contributed by atoms with van der Waals surface area (Å²) in [6, 6.07) is 0.562. The summed E-state index contributed by atoms with van der Waals surface area (Å²) in [4.78, 5) is 16.4. The molecule has 1 aliphatic heterocycles. The first-order chi connectivity index (χ1) is 8.99. The lowest BCUT2D eigenvalue weighted by Gasteiger charge is -2.34. The Kier molecular flexibility index (Phi) is 4.48. The third-order valence-electron chi connectivity index (χ3n) is 4.60. The number of aliphatic carboxylic acids is 1. The van der Waals surface area contributed by atoms with Crippen LogP contribution in [-0.2, 0) is 4.79 Å². The predicted octanol–water partition coefficient (Wildman–Crippen LogP) is 0.465. The van der Waals surface area contributed by atoms with Crippen LogP contribution >= 0.6 is 0 Å². The molecule has 2 fully saturated rings. The van der Waals surface area contributed by atoms with Crippen molar-refractivity contribution in [3.63, 3.8) is 0 Å². The number of nitrogens with zero attached hydrogens (tertiary/aromatic N) is 2. The van der Waals surface area contributed by atoms with Gasteiger partial charge in [-0.05, 0) is 52.4 Å². The largest absolute Gasteiger partial charge is 0.480 e. The monoisotopic (exact) mass is 269 g/mol. The normalized spacial score (nSPS) is 27.7. The number of likely N-dealkylation sites (N-methyl/N-ethyl adjacent to an activating group) is 2. The maximum Gasteiger partial charge on any atom is 0.325 e. The molecule has 0 spiro atoms. The highest BCUT2D eigenvalue weighted by Crippen LogP contribution is 2.41. The molecule has 1 saturated heterocycles. The highest BCUT2D eigenvalue weighted by atomic mass is 16.4. The molecule has 2 rings (SSSR count).